The van der Waals surface area contributed by atoms with Gasteiger partial charge in [-0.3, -0.25) is 9.48 Å². The molecular formula is C20H23N5O2. The minimum atomic E-state index is -0.792. The first kappa shape index (κ1) is 17.5. The Labute approximate surface area is 157 Å². The lowest BCUT2D eigenvalue weighted by Gasteiger charge is -2.38. The largest absolute Gasteiger partial charge is 0.388 e. The molecular weight excluding hydrogens is 342 g/mol. The molecule has 4 rings (SSSR count). The zero-order valence-corrected chi connectivity index (χ0v) is 15.1. The third-order valence-corrected chi connectivity index (χ3v) is 5.10. The number of aliphatic hydroxyl groups is 1. The van der Waals surface area contributed by atoms with Gasteiger partial charge in [0, 0.05) is 43.4 Å². The minimum Gasteiger partial charge on any atom is -0.388 e. The van der Waals surface area contributed by atoms with Crippen LogP contribution in [-0.4, -0.2) is 53.9 Å². The zero-order chi connectivity index (χ0) is 18.7. The number of piperidine rings is 1. The van der Waals surface area contributed by atoms with E-state index < -0.39 is 5.60 Å². The maximum absolute atomic E-state index is 12.9. The van der Waals surface area contributed by atoms with Crippen LogP contribution in [0.25, 0.3) is 0 Å². The topological polar surface area (TPSA) is 76.2 Å². The molecule has 7 nitrogen and oxygen atoms in total. The second-order valence-corrected chi connectivity index (χ2v) is 7.16. The normalized spacial score (nSPS) is 16.4. The molecule has 1 N–H and O–H groups in total. The highest BCUT2D eigenvalue weighted by Gasteiger charge is 2.34. The molecule has 3 heterocycles. The van der Waals surface area contributed by atoms with Gasteiger partial charge in [-0.05, 0) is 36.6 Å². The summed E-state index contributed by atoms with van der Waals surface area (Å²) in [5, 5.41) is 15.0. The van der Waals surface area contributed by atoms with E-state index in [9.17, 15) is 9.90 Å². The lowest BCUT2D eigenvalue weighted by Crippen LogP contribution is -2.48. The molecule has 3 aromatic rings. The molecule has 0 saturated carbocycles. The van der Waals surface area contributed by atoms with Crippen molar-refractivity contribution in [3.05, 3.63) is 72.6 Å². The van der Waals surface area contributed by atoms with Crippen LogP contribution < -0.4 is 0 Å². The molecule has 1 aliphatic heterocycles. The smallest absolute Gasteiger partial charge is 0.253 e. The summed E-state index contributed by atoms with van der Waals surface area (Å²) in [5.41, 5.74) is 0.928. The molecule has 0 unspecified atom stereocenters. The van der Waals surface area contributed by atoms with Gasteiger partial charge in [0.1, 0.15) is 0 Å². The Morgan fingerprint density at radius 1 is 1.15 bits per heavy atom. The van der Waals surface area contributed by atoms with Crippen molar-refractivity contribution in [2.45, 2.75) is 31.5 Å². The van der Waals surface area contributed by atoms with Gasteiger partial charge in [0.2, 0.25) is 0 Å². The first-order chi connectivity index (χ1) is 13.1. The first-order valence-corrected chi connectivity index (χ1v) is 9.15. The molecule has 0 radical (unpaired) electrons. The van der Waals surface area contributed by atoms with Gasteiger partial charge >= 0.3 is 0 Å². The van der Waals surface area contributed by atoms with E-state index in [0.29, 0.717) is 44.6 Å². The monoisotopic (exact) mass is 365 g/mol. The Hall–Kier alpha value is -2.93. The number of rotatable bonds is 5. The van der Waals surface area contributed by atoms with E-state index in [1.54, 1.807) is 18.7 Å². The van der Waals surface area contributed by atoms with E-state index in [4.69, 9.17) is 0 Å². The molecule has 1 fully saturated rings. The first-order valence-electron chi connectivity index (χ1n) is 9.15. The zero-order valence-electron chi connectivity index (χ0n) is 15.1. The second kappa shape index (κ2) is 7.36. The third-order valence-electron chi connectivity index (χ3n) is 5.10. The summed E-state index contributed by atoms with van der Waals surface area (Å²) in [6.45, 7) is 2.24. The van der Waals surface area contributed by atoms with Gasteiger partial charge in [0.25, 0.3) is 5.91 Å². The molecule has 0 spiro atoms. The third kappa shape index (κ3) is 4.09. The van der Waals surface area contributed by atoms with Gasteiger partial charge in [-0.25, -0.2) is 4.98 Å². The lowest BCUT2D eigenvalue weighted by atomic mass is 9.91. The number of imidazole rings is 1. The van der Waals surface area contributed by atoms with Crippen LogP contribution >= 0.6 is 0 Å². The van der Waals surface area contributed by atoms with Crippen molar-refractivity contribution in [2.75, 3.05) is 13.1 Å². The van der Waals surface area contributed by atoms with Gasteiger partial charge in [-0.15, -0.1) is 0 Å². The number of likely N-dealkylation sites (tertiary alicyclic amines) is 1. The van der Waals surface area contributed by atoms with Crippen molar-refractivity contribution in [3.63, 3.8) is 0 Å². The van der Waals surface area contributed by atoms with Gasteiger partial charge in [-0.1, -0.05) is 12.1 Å². The van der Waals surface area contributed by atoms with Crippen LogP contribution in [0.4, 0.5) is 0 Å². The molecule has 1 amide bonds. The number of amides is 1. The van der Waals surface area contributed by atoms with E-state index in [2.05, 4.69) is 10.1 Å². The number of carbonyl (C=O) groups excluding carboxylic acids is 1. The quantitative estimate of drug-likeness (QED) is 0.748. The van der Waals surface area contributed by atoms with Crippen LogP contribution in [0.15, 0.2) is 61.4 Å². The lowest BCUT2D eigenvalue weighted by molar-refractivity contribution is -0.0292. The Morgan fingerprint density at radius 2 is 2.00 bits per heavy atom. The average molecular weight is 365 g/mol. The molecule has 0 atom stereocenters. The van der Waals surface area contributed by atoms with Crippen molar-refractivity contribution in [1.82, 2.24) is 24.2 Å². The van der Waals surface area contributed by atoms with E-state index in [1.807, 2.05) is 56.9 Å². The summed E-state index contributed by atoms with van der Waals surface area (Å²) < 4.78 is 3.72. The Kier molecular flexibility index (Phi) is 4.77. The summed E-state index contributed by atoms with van der Waals surface area (Å²) in [5.74, 6) is 0.0157. The van der Waals surface area contributed by atoms with Gasteiger partial charge < -0.3 is 14.6 Å². The van der Waals surface area contributed by atoms with E-state index in [1.165, 1.54) is 0 Å². The highest BCUT2D eigenvalue weighted by Crippen LogP contribution is 2.25. The number of hydrogen-bond acceptors (Lipinski definition) is 4. The van der Waals surface area contributed by atoms with Crippen LogP contribution in [0.5, 0.6) is 0 Å². The molecule has 0 bridgehead atoms. The number of hydrogen-bond donors (Lipinski definition) is 1. The number of carbonyl (C=O) groups is 1. The maximum Gasteiger partial charge on any atom is 0.253 e. The molecule has 0 aliphatic carbocycles. The van der Waals surface area contributed by atoms with Crippen molar-refractivity contribution in [2.24, 2.45) is 0 Å². The fraction of sp³-hybridized carbons (Fsp3) is 0.350. The van der Waals surface area contributed by atoms with E-state index in [0.717, 1.165) is 5.56 Å². The minimum absolute atomic E-state index is 0.0157. The predicted molar refractivity (Wildman–Crippen MR) is 100 cm³/mol. The van der Waals surface area contributed by atoms with Crippen LogP contribution in [0.1, 0.15) is 28.8 Å². The summed E-state index contributed by atoms with van der Waals surface area (Å²) in [7, 11) is 0. The fourth-order valence-electron chi connectivity index (χ4n) is 3.57. The van der Waals surface area contributed by atoms with Crippen molar-refractivity contribution in [3.8, 4) is 0 Å². The van der Waals surface area contributed by atoms with Gasteiger partial charge in [0.05, 0.1) is 25.0 Å². The van der Waals surface area contributed by atoms with Crippen LogP contribution in [-0.2, 0) is 13.1 Å². The Morgan fingerprint density at radius 3 is 2.70 bits per heavy atom. The summed E-state index contributed by atoms with van der Waals surface area (Å²) >= 11 is 0. The molecule has 1 aliphatic rings. The highest BCUT2D eigenvalue weighted by molar-refractivity contribution is 5.94. The van der Waals surface area contributed by atoms with E-state index in [-0.39, 0.29) is 5.91 Å². The second-order valence-electron chi connectivity index (χ2n) is 7.16. The van der Waals surface area contributed by atoms with Crippen LogP contribution in [0, 0.1) is 0 Å². The van der Waals surface area contributed by atoms with Gasteiger partial charge in [0.15, 0.2) is 0 Å². The Balaban J connectivity index is 1.39. The Bertz CT molecular complexity index is 881. The van der Waals surface area contributed by atoms with Gasteiger partial charge in [-0.2, -0.15) is 5.10 Å². The fourth-order valence-corrected chi connectivity index (χ4v) is 3.57. The van der Waals surface area contributed by atoms with Crippen LogP contribution in [0.2, 0.25) is 0 Å². The highest BCUT2D eigenvalue weighted by atomic mass is 16.3. The SMILES string of the molecule is O=C(c1cccc(Cn2cccn2)c1)N1CCC(O)(Cn2ccnc2)CC1. The number of nitrogens with zero attached hydrogens (tertiary/aromatic N) is 5. The van der Waals surface area contributed by atoms with Crippen molar-refractivity contribution < 1.29 is 9.90 Å². The number of aromatic nitrogens is 4. The van der Waals surface area contributed by atoms with Crippen molar-refractivity contribution in [1.29, 1.82) is 0 Å². The standard InChI is InChI=1S/C20H23N5O2/c26-19(18-4-1-3-17(13-18)14-25-9-2-7-22-25)24-10-5-20(27,6-11-24)15-23-12-8-21-16-23/h1-4,7-9,12-13,16,27H,5-6,10-11,14-15H2. The molecule has 27 heavy (non-hydrogen) atoms. The number of benzene rings is 1. The van der Waals surface area contributed by atoms with Crippen LogP contribution in [0.3, 0.4) is 0 Å². The van der Waals surface area contributed by atoms with Crippen molar-refractivity contribution >= 4 is 5.91 Å². The molecule has 140 valence electrons. The van der Waals surface area contributed by atoms with E-state index >= 15 is 0 Å². The molecule has 7 heteroatoms. The molecule has 1 aromatic carbocycles. The molecule has 1 saturated heterocycles. The predicted octanol–water partition coefficient (Wildman–Crippen LogP) is 1.80. The molecule has 2 aromatic heterocycles. The average Bonchev–Trinajstić information content (AvgIpc) is 3.36. The summed E-state index contributed by atoms with van der Waals surface area (Å²) in [6, 6.07) is 9.56. The summed E-state index contributed by atoms with van der Waals surface area (Å²) in [4.78, 5) is 18.7. The summed E-state index contributed by atoms with van der Waals surface area (Å²) in [6.07, 6.45) is 10.0. The maximum atomic E-state index is 12.9.